The lowest BCUT2D eigenvalue weighted by Crippen LogP contribution is -2.45. The van der Waals surface area contributed by atoms with E-state index >= 15 is 0 Å². The third kappa shape index (κ3) is 5.40. The molecule has 19 heavy (non-hydrogen) atoms. The average molecular weight is 287 g/mol. The Balaban J connectivity index is 2.70. The van der Waals surface area contributed by atoms with Gasteiger partial charge in [-0.15, -0.1) is 0 Å². The Hall–Kier alpha value is -1.40. The van der Waals surface area contributed by atoms with Gasteiger partial charge in [0.15, 0.2) is 0 Å². The van der Waals surface area contributed by atoms with E-state index in [9.17, 15) is 4.79 Å². The van der Waals surface area contributed by atoms with E-state index in [-0.39, 0.29) is 11.4 Å². The molecule has 106 valence electrons. The molecule has 6 nitrogen and oxygen atoms in total. The minimum atomic E-state index is -0.676. The summed E-state index contributed by atoms with van der Waals surface area (Å²) in [6.45, 7) is 6.40. The van der Waals surface area contributed by atoms with Crippen molar-refractivity contribution in [2.45, 2.75) is 32.9 Å². The maximum absolute atomic E-state index is 11.5. The monoisotopic (exact) mass is 286 g/mol. The highest BCUT2D eigenvalue weighted by Crippen LogP contribution is 2.11. The Morgan fingerprint density at radius 2 is 2.21 bits per heavy atom. The molecule has 0 aliphatic heterocycles. The number of hydrogen-bond acceptors (Lipinski definition) is 5. The van der Waals surface area contributed by atoms with Crippen LogP contribution in [0.3, 0.4) is 0 Å². The Morgan fingerprint density at radius 3 is 2.74 bits per heavy atom. The maximum atomic E-state index is 11.5. The lowest BCUT2D eigenvalue weighted by atomic mass is 10.1. The standard InChI is InChI=1S/C12H19ClN4O2/c1-7(2)6-19-8(3)10(11(14)18)16-9-4-5-15-12(13)17-9/h4-5,7-8,10H,6H2,1-3H3,(H2,14,18)(H,15,16,17)/t8-,10+/m1/s1. The second kappa shape index (κ2) is 7.25. The Kier molecular flexibility index (Phi) is 5.98. The first-order valence-electron chi connectivity index (χ1n) is 6.06. The van der Waals surface area contributed by atoms with Crippen molar-refractivity contribution >= 4 is 23.3 Å². The fourth-order valence-corrected chi connectivity index (χ4v) is 1.58. The zero-order valence-electron chi connectivity index (χ0n) is 11.3. The summed E-state index contributed by atoms with van der Waals surface area (Å²) < 4.78 is 5.59. The van der Waals surface area contributed by atoms with Crippen LogP contribution in [0, 0.1) is 5.92 Å². The van der Waals surface area contributed by atoms with E-state index in [4.69, 9.17) is 22.1 Å². The average Bonchev–Trinajstić information content (AvgIpc) is 2.32. The van der Waals surface area contributed by atoms with Crippen LogP contribution in [0.2, 0.25) is 5.28 Å². The fraction of sp³-hybridized carbons (Fsp3) is 0.583. The van der Waals surface area contributed by atoms with Gasteiger partial charge in [0.05, 0.1) is 6.10 Å². The minimum absolute atomic E-state index is 0.101. The molecule has 0 radical (unpaired) electrons. The molecule has 0 aromatic carbocycles. The Labute approximate surface area is 117 Å². The zero-order chi connectivity index (χ0) is 14.4. The number of carbonyl (C=O) groups excluding carboxylic acids is 1. The predicted octanol–water partition coefficient (Wildman–Crippen LogP) is 1.46. The summed E-state index contributed by atoms with van der Waals surface area (Å²) in [5, 5.41) is 3.01. The molecule has 0 saturated heterocycles. The number of primary amides is 1. The van der Waals surface area contributed by atoms with Gasteiger partial charge in [-0.1, -0.05) is 13.8 Å². The molecule has 0 fully saturated rings. The maximum Gasteiger partial charge on any atom is 0.242 e. The SMILES string of the molecule is CC(C)CO[C@H](C)[C@H](Nc1ccnc(Cl)n1)C(N)=O. The van der Waals surface area contributed by atoms with Crippen molar-refractivity contribution in [1.82, 2.24) is 9.97 Å². The summed E-state index contributed by atoms with van der Waals surface area (Å²) in [5.41, 5.74) is 5.37. The van der Waals surface area contributed by atoms with Gasteiger partial charge in [-0.3, -0.25) is 4.79 Å². The second-order valence-electron chi connectivity index (χ2n) is 4.67. The molecule has 2 atom stereocenters. The summed E-state index contributed by atoms with van der Waals surface area (Å²) in [7, 11) is 0. The quantitative estimate of drug-likeness (QED) is 0.741. The lowest BCUT2D eigenvalue weighted by Gasteiger charge is -2.23. The lowest BCUT2D eigenvalue weighted by molar-refractivity contribution is -0.121. The Morgan fingerprint density at radius 1 is 1.53 bits per heavy atom. The van der Waals surface area contributed by atoms with Crippen LogP contribution in [0.25, 0.3) is 0 Å². The van der Waals surface area contributed by atoms with Crippen LogP contribution in [-0.2, 0) is 9.53 Å². The van der Waals surface area contributed by atoms with E-state index in [1.54, 1.807) is 13.0 Å². The molecular formula is C12H19ClN4O2. The molecule has 0 unspecified atom stereocenters. The molecule has 1 rings (SSSR count). The van der Waals surface area contributed by atoms with Crippen molar-refractivity contribution in [3.63, 3.8) is 0 Å². The van der Waals surface area contributed by atoms with E-state index in [0.717, 1.165) is 0 Å². The summed E-state index contributed by atoms with van der Waals surface area (Å²) in [6, 6.07) is 0.932. The molecule has 3 N–H and O–H groups in total. The first-order chi connectivity index (χ1) is 8.90. The number of nitrogens with one attached hydrogen (secondary N) is 1. The van der Waals surface area contributed by atoms with Crippen molar-refractivity contribution in [1.29, 1.82) is 0 Å². The predicted molar refractivity (Wildman–Crippen MR) is 73.9 cm³/mol. The van der Waals surface area contributed by atoms with Crippen LogP contribution >= 0.6 is 11.6 Å². The van der Waals surface area contributed by atoms with Gasteiger partial charge in [-0.25, -0.2) is 9.97 Å². The van der Waals surface area contributed by atoms with Gasteiger partial charge in [0.2, 0.25) is 11.2 Å². The number of ether oxygens (including phenoxy) is 1. The number of nitrogens with two attached hydrogens (primary N) is 1. The number of carbonyl (C=O) groups is 1. The van der Waals surface area contributed by atoms with Gasteiger partial charge in [0.1, 0.15) is 11.9 Å². The molecule has 7 heteroatoms. The number of hydrogen-bond donors (Lipinski definition) is 2. The molecule has 0 saturated carbocycles. The van der Waals surface area contributed by atoms with E-state index in [2.05, 4.69) is 15.3 Å². The molecule has 1 heterocycles. The van der Waals surface area contributed by atoms with Crippen molar-refractivity contribution < 1.29 is 9.53 Å². The first-order valence-corrected chi connectivity index (χ1v) is 6.44. The largest absolute Gasteiger partial charge is 0.376 e. The van der Waals surface area contributed by atoms with E-state index < -0.39 is 11.9 Å². The number of amides is 1. The van der Waals surface area contributed by atoms with Crippen molar-refractivity contribution in [3.8, 4) is 0 Å². The molecule has 0 aliphatic rings. The summed E-state index contributed by atoms with van der Waals surface area (Å²) in [5.74, 6) is 0.305. The number of rotatable bonds is 7. The zero-order valence-corrected chi connectivity index (χ0v) is 12.0. The summed E-state index contributed by atoms with van der Waals surface area (Å²) >= 11 is 5.68. The van der Waals surface area contributed by atoms with Crippen molar-refractivity contribution in [2.24, 2.45) is 11.7 Å². The molecule has 0 aliphatic carbocycles. The van der Waals surface area contributed by atoms with Gasteiger partial charge in [-0.2, -0.15) is 0 Å². The van der Waals surface area contributed by atoms with Crippen molar-refractivity contribution in [3.05, 3.63) is 17.5 Å². The molecule has 1 aromatic rings. The van der Waals surface area contributed by atoms with Gasteiger partial charge in [0.25, 0.3) is 0 Å². The number of nitrogens with zero attached hydrogens (tertiary/aromatic N) is 2. The van der Waals surface area contributed by atoms with Crippen LogP contribution in [0.5, 0.6) is 0 Å². The normalized spacial score (nSPS) is 14.2. The molecule has 1 aromatic heterocycles. The summed E-state index contributed by atoms with van der Waals surface area (Å²) in [4.78, 5) is 19.2. The highest BCUT2D eigenvalue weighted by atomic mass is 35.5. The molecular weight excluding hydrogens is 268 g/mol. The highest BCUT2D eigenvalue weighted by Gasteiger charge is 2.24. The molecule has 0 spiro atoms. The second-order valence-corrected chi connectivity index (χ2v) is 5.01. The minimum Gasteiger partial charge on any atom is -0.376 e. The van der Waals surface area contributed by atoms with Crippen LogP contribution in [-0.4, -0.2) is 34.6 Å². The van der Waals surface area contributed by atoms with Crippen LogP contribution in [0.4, 0.5) is 5.82 Å². The molecule has 1 amide bonds. The van der Waals surface area contributed by atoms with E-state index in [1.807, 2.05) is 13.8 Å². The molecule has 0 bridgehead atoms. The Bertz CT molecular complexity index is 428. The summed E-state index contributed by atoms with van der Waals surface area (Å²) in [6.07, 6.45) is 1.13. The fourth-order valence-electron chi connectivity index (χ4n) is 1.43. The number of halogens is 1. The van der Waals surface area contributed by atoms with E-state index in [0.29, 0.717) is 18.3 Å². The van der Waals surface area contributed by atoms with Gasteiger partial charge < -0.3 is 15.8 Å². The van der Waals surface area contributed by atoms with Gasteiger partial charge >= 0.3 is 0 Å². The highest BCUT2D eigenvalue weighted by molar-refractivity contribution is 6.28. The third-order valence-electron chi connectivity index (χ3n) is 2.40. The number of anilines is 1. The number of aromatic nitrogens is 2. The van der Waals surface area contributed by atoms with E-state index in [1.165, 1.54) is 6.20 Å². The smallest absolute Gasteiger partial charge is 0.242 e. The topological polar surface area (TPSA) is 90.1 Å². The first kappa shape index (κ1) is 15.7. The third-order valence-corrected chi connectivity index (χ3v) is 2.58. The van der Waals surface area contributed by atoms with Crippen LogP contribution in [0.15, 0.2) is 12.3 Å². The van der Waals surface area contributed by atoms with Crippen LogP contribution in [0.1, 0.15) is 20.8 Å². The van der Waals surface area contributed by atoms with Gasteiger partial charge in [-0.05, 0) is 30.5 Å². The van der Waals surface area contributed by atoms with Crippen molar-refractivity contribution in [2.75, 3.05) is 11.9 Å². The van der Waals surface area contributed by atoms with Crippen LogP contribution < -0.4 is 11.1 Å². The van der Waals surface area contributed by atoms with Gasteiger partial charge in [0, 0.05) is 12.8 Å².